The van der Waals surface area contributed by atoms with Gasteiger partial charge in [-0.3, -0.25) is 0 Å². The number of hydrogen-bond acceptors (Lipinski definition) is 5. The average molecular weight is 487 g/mol. The highest BCUT2D eigenvalue weighted by Gasteiger charge is 2.34. The van der Waals surface area contributed by atoms with E-state index in [1.807, 2.05) is 0 Å². The lowest BCUT2D eigenvalue weighted by molar-refractivity contribution is 0.0204. The van der Waals surface area contributed by atoms with E-state index in [1.165, 1.54) is 23.4 Å². The van der Waals surface area contributed by atoms with Crippen molar-refractivity contribution in [2.45, 2.75) is 25.2 Å². The average Bonchev–Trinajstić information content (AvgIpc) is 3.24. The Bertz CT molecular complexity index is 1110. The van der Waals surface area contributed by atoms with Crippen molar-refractivity contribution < 1.29 is 17.9 Å². The summed E-state index contributed by atoms with van der Waals surface area (Å²) >= 11 is 12.2. The normalized spacial score (nSPS) is 13.8. The Balaban J connectivity index is 1.74. The fraction of sp³-hybridized carbons (Fsp3) is 0.300. The molecule has 0 fully saturated rings. The first-order valence-electron chi connectivity index (χ1n) is 9.32. The summed E-state index contributed by atoms with van der Waals surface area (Å²) < 4.78 is 41.6. The van der Waals surface area contributed by atoms with Gasteiger partial charge in [0.1, 0.15) is 24.9 Å². The van der Waals surface area contributed by atoms with Crippen LogP contribution in [0.2, 0.25) is 10.0 Å². The number of aryl methyl sites for hydroxylation is 1. The van der Waals surface area contributed by atoms with Crippen LogP contribution in [-0.2, 0) is 35.3 Å². The van der Waals surface area contributed by atoms with Crippen LogP contribution in [0.25, 0.3) is 0 Å². The molecule has 0 bridgehead atoms. The largest absolute Gasteiger partial charge is 0.382 e. The Labute approximate surface area is 189 Å². The Hall–Kier alpha value is -2.04. The van der Waals surface area contributed by atoms with E-state index < -0.39 is 22.3 Å². The van der Waals surface area contributed by atoms with Gasteiger partial charge in [-0.2, -0.15) is 5.10 Å². The molecule has 3 aromatic rings. The molecule has 0 aliphatic heterocycles. The first-order valence-corrected chi connectivity index (χ1v) is 11.7. The summed E-state index contributed by atoms with van der Waals surface area (Å²) in [6, 6.07) is 11.2. The van der Waals surface area contributed by atoms with E-state index in [-0.39, 0.29) is 30.3 Å². The van der Waals surface area contributed by atoms with Gasteiger partial charge in [-0.25, -0.2) is 27.2 Å². The molecular weight excluding hydrogens is 466 g/mol. The minimum absolute atomic E-state index is 0.0818. The van der Waals surface area contributed by atoms with E-state index in [9.17, 15) is 17.9 Å². The summed E-state index contributed by atoms with van der Waals surface area (Å²) in [6.07, 6.45) is 2.96. The standard InChI is InChI=1S/C20H21Cl2FN4O3S/c21-17-5-6-18(19(22)9-17)20(28,12-27-14-24-13-25-27)11-26-31(29,30)8-7-15-1-3-16(10-23)4-2-15/h1-6,9,13-14,26,28H,7-8,10-12H2. The summed E-state index contributed by atoms with van der Waals surface area (Å²) in [4.78, 5) is 3.85. The van der Waals surface area contributed by atoms with Gasteiger partial charge in [0.25, 0.3) is 0 Å². The second-order valence-corrected chi connectivity index (χ2v) is 9.86. The van der Waals surface area contributed by atoms with Gasteiger partial charge in [-0.05, 0) is 29.7 Å². The molecule has 7 nitrogen and oxygen atoms in total. The molecule has 1 aromatic heterocycles. The molecule has 1 heterocycles. The van der Waals surface area contributed by atoms with Crippen LogP contribution in [0, 0.1) is 0 Å². The van der Waals surface area contributed by atoms with Gasteiger partial charge in [0, 0.05) is 22.2 Å². The Morgan fingerprint density at radius 1 is 1.13 bits per heavy atom. The molecule has 2 N–H and O–H groups in total. The molecule has 2 aromatic carbocycles. The molecule has 11 heteroatoms. The van der Waals surface area contributed by atoms with Crippen molar-refractivity contribution >= 4 is 33.2 Å². The minimum atomic E-state index is -3.74. The number of rotatable bonds is 10. The highest BCUT2D eigenvalue weighted by atomic mass is 35.5. The molecule has 3 rings (SSSR count). The Morgan fingerprint density at radius 3 is 2.45 bits per heavy atom. The van der Waals surface area contributed by atoms with Gasteiger partial charge >= 0.3 is 0 Å². The molecule has 0 radical (unpaired) electrons. The number of aromatic nitrogens is 3. The lowest BCUT2D eigenvalue weighted by atomic mass is 9.94. The molecule has 0 amide bonds. The second kappa shape index (κ2) is 10.1. The van der Waals surface area contributed by atoms with Crippen molar-refractivity contribution in [3.8, 4) is 0 Å². The van der Waals surface area contributed by atoms with Crippen LogP contribution in [0.4, 0.5) is 4.39 Å². The lowest BCUT2D eigenvalue weighted by Crippen LogP contribution is -2.44. The van der Waals surface area contributed by atoms with Gasteiger partial charge < -0.3 is 5.11 Å². The molecular formula is C20H21Cl2FN4O3S. The smallest absolute Gasteiger partial charge is 0.212 e. The fourth-order valence-corrected chi connectivity index (χ4v) is 4.73. The predicted octanol–water partition coefficient (Wildman–Crippen LogP) is 3.10. The van der Waals surface area contributed by atoms with Crippen molar-refractivity contribution in [1.29, 1.82) is 0 Å². The van der Waals surface area contributed by atoms with E-state index >= 15 is 0 Å². The van der Waals surface area contributed by atoms with Crippen LogP contribution in [0.1, 0.15) is 16.7 Å². The number of alkyl halides is 1. The van der Waals surface area contributed by atoms with Crippen LogP contribution in [-0.4, -0.2) is 40.6 Å². The zero-order chi connectivity index (χ0) is 22.5. The van der Waals surface area contributed by atoms with Crippen molar-refractivity contribution in [2.24, 2.45) is 0 Å². The molecule has 0 spiro atoms. The molecule has 0 saturated heterocycles. The van der Waals surface area contributed by atoms with E-state index in [0.717, 1.165) is 5.56 Å². The highest BCUT2D eigenvalue weighted by molar-refractivity contribution is 7.89. The molecule has 166 valence electrons. The summed E-state index contributed by atoms with van der Waals surface area (Å²) in [5.41, 5.74) is -0.104. The zero-order valence-corrected chi connectivity index (χ0v) is 18.7. The number of nitrogens with zero attached hydrogens (tertiary/aromatic N) is 3. The van der Waals surface area contributed by atoms with Crippen molar-refractivity contribution in [1.82, 2.24) is 19.5 Å². The van der Waals surface area contributed by atoms with Crippen molar-refractivity contribution in [3.63, 3.8) is 0 Å². The van der Waals surface area contributed by atoms with Gasteiger partial charge in [0.2, 0.25) is 10.0 Å². The number of halogens is 3. The van der Waals surface area contributed by atoms with E-state index in [4.69, 9.17) is 23.2 Å². The van der Waals surface area contributed by atoms with Crippen LogP contribution in [0.3, 0.4) is 0 Å². The number of benzene rings is 2. The van der Waals surface area contributed by atoms with Crippen molar-refractivity contribution in [3.05, 3.63) is 81.9 Å². The summed E-state index contributed by atoms with van der Waals surface area (Å²) in [7, 11) is -3.74. The molecule has 0 aliphatic rings. The van der Waals surface area contributed by atoms with Crippen LogP contribution >= 0.6 is 23.2 Å². The maximum absolute atomic E-state index is 12.6. The zero-order valence-electron chi connectivity index (χ0n) is 16.4. The third-order valence-electron chi connectivity index (χ3n) is 4.74. The van der Waals surface area contributed by atoms with Gasteiger partial charge in [0.05, 0.1) is 12.3 Å². The maximum atomic E-state index is 12.6. The maximum Gasteiger partial charge on any atom is 0.212 e. The Kier molecular flexibility index (Phi) is 7.66. The summed E-state index contributed by atoms with van der Waals surface area (Å²) in [6.45, 7) is -0.989. The monoisotopic (exact) mass is 486 g/mol. The Morgan fingerprint density at radius 2 is 1.84 bits per heavy atom. The lowest BCUT2D eigenvalue weighted by Gasteiger charge is -2.29. The number of sulfonamides is 1. The van der Waals surface area contributed by atoms with Crippen LogP contribution in [0.15, 0.2) is 55.1 Å². The highest BCUT2D eigenvalue weighted by Crippen LogP contribution is 2.31. The van der Waals surface area contributed by atoms with E-state index in [2.05, 4.69) is 14.8 Å². The first-order chi connectivity index (χ1) is 14.7. The fourth-order valence-electron chi connectivity index (χ4n) is 3.03. The SMILES string of the molecule is O=S(=O)(CCc1ccc(CF)cc1)NCC(O)(Cn1cncn1)c1ccc(Cl)cc1Cl. The quantitative estimate of drug-likeness (QED) is 0.458. The number of nitrogens with one attached hydrogen (secondary N) is 1. The van der Waals surface area contributed by atoms with Crippen molar-refractivity contribution in [2.75, 3.05) is 12.3 Å². The van der Waals surface area contributed by atoms with Crippen LogP contribution < -0.4 is 4.72 Å². The van der Waals surface area contributed by atoms with E-state index in [1.54, 1.807) is 36.4 Å². The number of aliphatic hydroxyl groups is 1. The third-order valence-corrected chi connectivity index (χ3v) is 6.62. The van der Waals surface area contributed by atoms with E-state index in [0.29, 0.717) is 16.1 Å². The van der Waals surface area contributed by atoms with Crippen LogP contribution in [0.5, 0.6) is 0 Å². The molecule has 0 aliphatic carbocycles. The first kappa shape index (κ1) is 23.6. The third kappa shape index (κ3) is 6.47. The molecule has 1 atom stereocenters. The number of hydrogen-bond donors (Lipinski definition) is 2. The summed E-state index contributed by atoms with van der Waals surface area (Å²) in [5.74, 6) is -0.199. The minimum Gasteiger partial charge on any atom is -0.382 e. The molecule has 0 saturated carbocycles. The topological polar surface area (TPSA) is 97.1 Å². The van der Waals surface area contributed by atoms with Gasteiger partial charge in [-0.1, -0.05) is 53.5 Å². The second-order valence-electron chi connectivity index (χ2n) is 7.09. The van der Waals surface area contributed by atoms with Gasteiger partial charge in [0.15, 0.2) is 0 Å². The predicted molar refractivity (Wildman–Crippen MR) is 117 cm³/mol. The molecule has 31 heavy (non-hydrogen) atoms. The summed E-state index contributed by atoms with van der Waals surface area (Å²) in [5, 5.41) is 15.9. The molecule has 1 unspecified atom stereocenters. The van der Waals surface area contributed by atoms with Gasteiger partial charge in [-0.15, -0.1) is 0 Å².